The first-order valence-electron chi connectivity index (χ1n) is 20.5. The van der Waals surface area contributed by atoms with E-state index in [2.05, 4.69) is 15.6 Å². The Morgan fingerprint density at radius 2 is 1.55 bits per heavy atom. The number of piperazine rings is 1. The quantitative estimate of drug-likeness (QED) is 0.179. The van der Waals surface area contributed by atoms with E-state index in [4.69, 9.17) is 24.7 Å². The Bertz CT molecular complexity index is 1730. The van der Waals surface area contributed by atoms with Crippen LogP contribution in [0.2, 0.25) is 0 Å². The van der Waals surface area contributed by atoms with Crippen molar-refractivity contribution in [2.24, 2.45) is 17.6 Å². The second kappa shape index (κ2) is 22.1. The summed E-state index contributed by atoms with van der Waals surface area (Å²) in [6, 6.07) is 17.2. The maximum absolute atomic E-state index is 13.4. The summed E-state index contributed by atoms with van der Waals surface area (Å²) in [4.78, 5) is 61.3. The standard InChI is InChI=1S/C42H58N8O8/c43-27-33-10-7-11-34(26-33)28-46-40(52)48-21-23-50(24-22-48)41(53)57-30-36-14-25-55-39(37(36)56-29-32-8-3-1-4-9-32)58-42(54)49-18-12-35(13-19-49)38(51)45-15-5-2-6-17-47-20-16-44-31-47/h1,3-4,7-11,16,20,26,31,35-37,39H,2,5-6,12-15,17-19,21-25,27-30,43H2,(H,45,51)(H,46,52)/t36-,37?,39+/m1/s1. The minimum atomic E-state index is -1.01. The lowest BCUT2D eigenvalue weighted by atomic mass is 9.96. The summed E-state index contributed by atoms with van der Waals surface area (Å²) in [5, 5.41) is 6.01. The molecule has 314 valence electrons. The Hall–Kier alpha value is -5.19. The monoisotopic (exact) mass is 802 g/mol. The smallest absolute Gasteiger partial charge is 0.412 e. The molecular formula is C42H58N8O8. The van der Waals surface area contributed by atoms with Crippen molar-refractivity contribution in [3.05, 3.63) is 90.0 Å². The molecule has 3 aromatic rings. The van der Waals surface area contributed by atoms with Gasteiger partial charge >= 0.3 is 18.2 Å². The van der Waals surface area contributed by atoms with Crippen molar-refractivity contribution in [3.63, 3.8) is 0 Å². The second-order valence-corrected chi connectivity index (χ2v) is 15.1. The first-order valence-corrected chi connectivity index (χ1v) is 20.5. The Labute approximate surface area is 340 Å². The van der Waals surface area contributed by atoms with Crippen molar-refractivity contribution in [1.82, 2.24) is 34.9 Å². The number of rotatable bonds is 16. The van der Waals surface area contributed by atoms with Crippen molar-refractivity contribution in [3.8, 4) is 0 Å². The van der Waals surface area contributed by atoms with Crippen LogP contribution in [0.15, 0.2) is 73.3 Å². The molecule has 1 aromatic heterocycles. The zero-order chi connectivity index (χ0) is 40.5. The summed E-state index contributed by atoms with van der Waals surface area (Å²) in [7, 11) is 0. The zero-order valence-corrected chi connectivity index (χ0v) is 33.3. The molecule has 3 fully saturated rings. The number of nitrogens with zero attached hydrogens (tertiary/aromatic N) is 5. The zero-order valence-electron chi connectivity index (χ0n) is 33.3. The Kier molecular flexibility index (Phi) is 16.2. The van der Waals surface area contributed by atoms with Gasteiger partial charge in [0.25, 0.3) is 0 Å². The fourth-order valence-corrected chi connectivity index (χ4v) is 7.46. The van der Waals surface area contributed by atoms with Crippen LogP contribution in [0.3, 0.4) is 0 Å². The molecule has 0 saturated carbocycles. The molecule has 6 rings (SSSR count). The molecule has 16 nitrogen and oxygen atoms in total. The van der Waals surface area contributed by atoms with Crippen molar-refractivity contribution >= 4 is 24.1 Å². The number of piperidine rings is 1. The highest BCUT2D eigenvalue weighted by atomic mass is 16.7. The van der Waals surface area contributed by atoms with E-state index < -0.39 is 24.6 Å². The molecule has 5 amide bonds. The number of urea groups is 1. The van der Waals surface area contributed by atoms with E-state index in [1.165, 1.54) is 0 Å². The summed E-state index contributed by atoms with van der Waals surface area (Å²) < 4.78 is 26.1. The van der Waals surface area contributed by atoms with E-state index >= 15 is 0 Å². The number of nitrogens with one attached hydrogen (secondary N) is 2. The molecule has 0 aliphatic carbocycles. The Morgan fingerprint density at radius 1 is 0.810 bits per heavy atom. The van der Waals surface area contributed by atoms with Crippen LogP contribution in [0.5, 0.6) is 0 Å². The van der Waals surface area contributed by atoms with Gasteiger partial charge in [0.15, 0.2) is 0 Å². The number of benzene rings is 2. The predicted molar refractivity (Wildman–Crippen MR) is 214 cm³/mol. The average Bonchev–Trinajstić information content (AvgIpc) is 3.79. The van der Waals surface area contributed by atoms with E-state index in [0.717, 1.165) is 42.5 Å². The number of nitrogens with two attached hydrogens (primary N) is 1. The third-order valence-corrected chi connectivity index (χ3v) is 11.0. The number of aromatic nitrogens is 2. The van der Waals surface area contributed by atoms with E-state index in [0.29, 0.717) is 84.8 Å². The maximum atomic E-state index is 13.4. The molecule has 3 aliphatic heterocycles. The summed E-state index contributed by atoms with van der Waals surface area (Å²) in [6.45, 7) is 5.16. The third kappa shape index (κ3) is 12.7. The summed E-state index contributed by atoms with van der Waals surface area (Å²) in [6.07, 6.45) is 7.39. The number of unbranched alkanes of at least 4 members (excludes halogenated alkanes) is 2. The highest BCUT2D eigenvalue weighted by molar-refractivity contribution is 5.79. The van der Waals surface area contributed by atoms with Gasteiger partial charge in [-0.3, -0.25) is 4.79 Å². The van der Waals surface area contributed by atoms with Crippen LogP contribution in [0.25, 0.3) is 0 Å². The van der Waals surface area contributed by atoms with Gasteiger partial charge in [-0.15, -0.1) is 0 Å². The van der Waals surface area contributed by atoms with Crippen LogP contribution in [0.1, 0.15) is 55.2 Å². The minimum absolute atomic E-state index is 0.0261. The minimum Gasteiger partial charge on any atom is -0.449 e. The lowest BCUT2D eigenvalue weighted by molar-refractivity contribution is -0.231. The number of hydrogen-bond donors (Lipinski definition) is 3. The van der Waals surface area contributed by atoms with Gasteiger partial charge in [0, 0.05) is 89.7 Å². The van der Waals surface area contributed by atoms with E-state index in [-0.39, 0.29) is 37.0 Å². The summed E-state index contributed by atoms with van der Waals surface area (Å²) in [5.74, 6) is -0.435. The van der Waals surface area contributed by atoms with Gasteiger partial charge in [0.1, 0.15) is 6.10 Å². The molecule has 1 unspecified atom stereocenters. The van der Waals surface area contributed by atoms with E-state index in [9.17, 15) is 19.2 Å². The van der Waals surface area contributed by atoms with Gasteiger partial charge in [-0.25, -0.2) is 19.4 Å². The number of carbonyl (C=O) groups is 4. The van der Waals surface area contributed by atoms with Crippen LogP contribution >= 0.6 is 0 Å². The molecule has 2 aromatic carbocycles. The van der Waals surface area contributed by atoms with Crippen molar-refractivity contribution in [2.75, 3.05) is 59.0 Å². The van der Waals surface area contributed by atoms with Crippen LogP contribution in [0.4, 0.5) is 14.4 Å². The number of imidazole rings is 1. The fourth-order valence-electron chi connectivity index (χ4n) is 7.46. The van der Waals surface area contributed by atoms with Gasteiger partial charge in [0.05, 0.1) is 26.1 Å². The van der Waals surface area contributed by atoms with Crippen LogP contribution < -0.4 is 16.4 Å². The summed E-state index contributed by atoms with van der Waals surface area (Å²) >= 11 is 0. The van der Waals surface area contributed by atoms with Crippen molar-refractivity contribution in [1.29, 1.82) is 0 Å². The van der Waals surface area contributed by atoms with Crippen LogP contribution in [-0.2, 0) is 50.0 Å². The third-order valence-electron chi connectivity index (χ3n) is 11.0. The van der Waals surface area contributed by atoms with E-state index in [1.54, 1.807) is 20.9 Å². The van der Waals surface area contributed by atoms with Gasteiger partial charge in [-0.2, -0.15) is 0 Å². The highest BCUT2D eigenvalue weighted by Gasteiger charge is 2.40. The topological polar surface area (TPSA) is 183 Å². The van der Waals surface area contributed by atoms with Crippen molar-refractivity contribution < 1.29 is 38.1 Å². The predicted octanol–water partition coefficient (Wildman–Crippen LogP) is 4.09. The fraction of sp³-hybridized carbons (Fsp3) is 0.548. The van der Waals surface area contributed by atoms with Gasteiger partial charge < -0.3 is 54.6 Å². The van der Waals surface area contributed by atoms with Crippen LogP contribution in [0, 0.1) is 11.8 Å². The molecule has 3 saturated heterocycles. The molecule has 4 heterocycles. The van der Waals surface area contributed by atoms with Crippen LogP contribution in [-0.4, -0.2) is 120 Å². The lowest BCUT2D eigenvalue weighted by Gasteiger charge is -2.39. The number of amides is 5. The highest BCUT2D eigenvalue weighted by Crippen LogP contribution is 2.28. The molecular weight excluding hydrogens is 745 g/mol. The molecule has 0 bridgehead atoms. The first kappa shape index (κ1) is 42.4. The summed E-state index contributed by atoms with van der Waals surface area (Å²) in [5.41, 5.74) is 8.65. The average molecular weight is 803 g/mol. The lowest BCUT2D eigenvalue weighted by Crippen LogP contribution is -2.53. The number of carbonyl (C=O) groups excluding carboxylic acids is 4. The molecule has 3 atom stereocenters. The maximum Gasteiger partial charge on any atom is 0.412 e. The van der Waals surface area contributed by atoms with Crippen molar-refractivity contribution in [2.45, 2.75) is 77.2 Å². The Morgan fingerprint density at radius 3 is 2.31 bits per heavy atom. The SMILES string of the molecule is NCc1cccc(CNC(=O)N2CCN(C(=O)OC[C@H]3CCO[C@@H](OC(=O)N4CCC(C(=O)NCCCCCn5ccnc5)CC4)C3OCc3ccccc3)CC2)c1. The van der Waals surface area contributed by atoms with Gasteiger partial charge in [0.2, 0.25) is 12.2 Å². The molecule has 0 spiro atoms. The molecule has 4 N–H and O–H groups in total. The normalized spacial score (nSPS) is 20.0. The number of ether oxygens (including phenoxy) is 4. The number of hydrogen-bond acceptors (Lipinski definition) is 10. The molecule has 3 aliphatic rings. The molecule has 16 heteroatoms. The molecule has 0 radical (unpaired) electrons. The van der Waals surface area contributed by atoms with Gasteiger partial charge in [-0.05, 0) is 55.2 Å². The number of aryl methyl sites for hydroxylation is 1. The Balaban J connectivity index is 0.936. The van der Waals surface area contributed by atoms with Gasteiger partial charge in [-0.1, -0.05) is 54.6 Å². The second-order valence-electron chi connectivity index (χ2n) is 15.1. The largest absolute Gasteiger partial charge is 0.449 e. The molecule has 58 heavy (non-hydrogen) atoms. The first-order chi connectivity index (χ1) is 28.4. The van der Waals surface area contributed by atoms with E-state index in [1.807, 2.05) is 71.7 Å². The number of likely N-dealkylation sites (tertiary alicyclic amines) is 1.